The quantitative estimate of drug-likeness (QED) is 0.274. The van der Waals surface area contributed by atoms with Crippen LogP contribution in [0.4, 0.5) is 5.00 Å². The highest BCUT2D eigenvalue weighted by Gasteiger charge is 2.27. The first kappa shape index (κ1) is 25.6. The lowest BCUT2D eigenvalue weighted by atomic mass is 10.0. The largest absolute Gasteiger partial charge is 0.494 e. The van der Waals surface area contributed by atoms with Crippen molar-refractivity contribution in [2.24, 2.45) is 0 Å². The molecule has 1 N–H and O–H groups in total. The second-order valence-electron chi connectivity index (χ2n) is 8.52. The SMILES string of the molecule is CCCN1CCc2c(sc(NC(=O)Cc3ccc(OCC)cc3)c2-c2nc3ccccc3s2)C1.Cl. The Balaban J connectivity index is 0.00000289. The first-order valence-electron chi connectivity index (χ1n) is 11.9. The third-order valence-corrected chi connectivity index (χ3v) is 8.22. The summed E-state index contributed by atoms with van der Waals surface area (Å²) < 4.78 is 6.69. The molecule has 0 radical (unpaired) electrons. The number of para-hydroxylation sites is 1. The van der Waals surface area contributed by atoms with E-state index in [1.807, 2.05) is 37.3 Å². The third kappa shape index (κ3) is 5.70. The van der Waals surface area contributed by atoms with E-state index in [0.717, 1.165) is 64.9 Å². The molecule has 0 saturated carbocycles. The number of thiophene rings is 1. The number of carbonyl (C=O) groups is 1. The van der Waals surface area contributed by atoms with Crippen molar-refractivity contribution in [1.29, 1.82) is 0 Å². The molecule has 2 aromatic carbocycles. The highest BCUT2D eigenvalue weighted by molar-refractivity contribution is 7.22. The molecule has 1 aliphatic heterocycles. The minimum Gasteiger partial charge on any atom is -0.494 e. The zero-order valence-electron chi connectivity index (χ0n) is 20.0. The fraction of sp³-hybridized carbons (Fsp3) is 0.333. The predicted molar refractivity (Wildman–Crippen MR) is 149 cm³/mol. The Kier molecular flexibility index (Phi) is 8.44. The van der Waals surface area contributed by atoms with Gasteiger partial charge in [-0.1, -0.05) is 31.2 Å². The maximum atomic E-state index is 13.1. The van der Waals surface area contributed by atoms with Crippen LogP contribution in [0.1, 0.15) is 36.3 Å². The first-order chi connectivity index (χ1) is 16.6. The van der Waals surface area contributed by atoms with Crippen molar-refractivity contribution < 1.29 is 9.53 Å². The van der Waals surface area contributed by atoms with Gasteiger partial charge < -0.3 is 10.1 Å². The summed E-state index contributed by atoms with van der Waals surface area (Å²) in [6.45, 7) is 7.92. The molecule has 0 bridgehead atoms. The van der Waals surface area contributed by atoms with Gasteiger partial charge >= 0.3 is 0 Å². The van der Waals surface area contributed by atoms with Crippen molar-refractivity contribution in [3.63, 3.8) is 0 Å². The van der Waals surface area contributed by atoms with Crippen molar-refractivity contribution >= 4 is 56.2 Å². The van der Waals surface area contributed by atoms with Gasteiger partial charge in [-0.25, -0.2) is 4.98 Å². The number of anilines is 1. The van der Waals surface area contributed by atoms with Gasteiger partial charge in [-0.2, -0.15) is 0 Å². The average Bonchev–Trinajstić information content (AvgIpc) is 3.41. The summed E-state index contributed by atoms with van der Waals surface area (Å²) in [5, 5.41) is 5.17. The summed E-state index contributed by atoms with van der Waals surface area (Å²) in [7, 11) is 0. The molecule has 3 heterocycles. The van der Waals surface area contributed by atoms with Crippen LogP contribution in [0.5, 0.6) is 5.75 Å². The number of aromatic nitrogens is 1. The second kappa shape index (κ2) is 11.5. The van der Waals surface area contributed by atoms with E-state index in [2.05, 4.69) is 35.3 Å². The molecular formula is C27H30ClN3O2S2. The van der Waals surface area contributed by atoms with Crippen LogP contribution in [0, 0.1) is 0 Å². The molecule has 2 aromatic heterocycles. The van der Waals surface area contributed by atoms with Crippen LogP contribution in [0.25, 0.3) is 20.8 Å². The third-order valence-electron chi connectivity index (χ3n) is 6.04. The monoisotopic (exact) mass is 527 g/mol. The molecule has 5 nitrogen and oxygen atoms in total. The topological polar surface area (TPSA) is 54.5 Å². The summed E-state index contributed by atoms with van der Waals surface area (Å²) in [4.78, 5) is 21.9. The molecule has 35 heavy (non-hydrogen) atoms. The molecule has 0 saturated heterocycles. The van der Waals surface area contributed by atoms with Crippen LogP contribution in [0.15, 0.2) is 48.5 Å². The van der Waals surface area contributed by atoms with Crippen LogP contribution in [0.3, 0.4) is 0 Å². The van der Waals surface area contributed by atoms with Crippen LogP contribution >= 0.6 is 35.1 Å². The van der Waals surface area contributed by atoms with Gasteiger partial charge in [0.1, 0.15) is 15.8 Å². The van der Waals surface area contributed by atoms with Gasteiger partial charge in [-0.05, 0) is 61.7 Å². The number of carbonyl (C=O) groups excluding carboxylic acids is 1. The smallest absolute Gasteiger partial charge is 0.229 e. The maximum Gasteiger partial charge on any atom is 0.229 e. The molecule has 0 spiro atoms. The van der Waals surface area contributed by atoms with Gasteiger partial charge in [0.25, 0.3) is 0 Å². The number of ether oxygens (including phenoxy) is 1. The molecule has 5 rings (SSSR count). The van der Waals surface area contributed by atoms with Gasteiger partial charge in [-0.15, -0.1) is 35.1 Å². The Bertz CT molecular complexity index is 1270. The van der Waals surface area contributed by atoms with E-state index in [4.69, 9.17) is 9.72 Å². The Morgan fingerprint density at radius 1 is 1.11 bits per heavy atom. The van der Waals surface area contributed by atoms with Gasteiger partial charge in [0.2, 0.25) is 5.91 Å². The van der Waals surface area contributed by atoms with E-state index in [1.54, 1.807) is 22.7 Å². The molecule has 4 aromatic rings. The zero-order valence-corrected chi connectivity index (χ0v) is 22.5. The Morgan fingerprint density at radius 3 is 2.66 bits per heavy atom. The number of fused-ring (bicyclic) bond motifs is 2. The number of thiazole rings is 1. The molecule has 0 aliphatic carbocycles. The van der Waals surface area contributed by atoms with E-state index in [0.29, 0.717) is 13.0 Å². The number of hydrogen-bond donors (Lipinski definition) is 1. The molecule has 0 fully saturated rings. The highest BCUT2D eigenvalue weighted by atomic mass is 35.5. The molecule has 8 heteroatoms. The van der Waals surface area contributed by atoms with Crippen LogP contribution in [-0.4, -0.2) is 35.5 Å². The number of amides is 1. The summed E-state index contributed by atoms with van der Waals surface area (Å²) in [5.41, 5.74) is 4.46. The van der Waals surface area contributed by atoms with Crippen molar-refractivity contribution in [3.8, 4) is 16.3 Å². The lowest BCUT2D eigenvalue weighted by molar-refractivity contribution is -0.115. The number of rotatable bonds is 8. The molecule has 184 valence electrons. The lowest BCUT2D eigenvalue weighted by Gasteiger charge is -2.26. The zero-order chi connectivity index (χ0) is 23.5. The van der Waals surface area contributed by atoms with Crippen molar-refractivity contribution in [1.82, 2.24) is 9.88 Å². The minimum absolute atomic E-state index is 0. The number of nitrogens with zero attached hydrogens (tertiary/aromatic N) is 2. The summed E-state index contributed by atoms with van der Waals surface area (Å²) in [5.74, 6) is 0.822. The Morgan fingerprint density at radius 2 is 1.91 bits per heavy atom. The fourth-order valence-corrected chi connectivity index (χ4v) is 6.90. The minimum atomic E-state index is -0.00414. The summed E-state index contributed by atoms with van der Waals surface area (Å²) in [6, 6.07) is 16.0. The molecular weight excluding hydrogens is 498 g/mol. The lowest BCUT2D eigenvalue weighted by Crippen LogP contribution is -2.30. The molecule has 0 atom stereocenters. The van der Waals surface area contributed by atoms with Gasteiger partial charge in [-0.3, -0.25) is 9.69 Å². The first-order valence-corrected chi connectivity index (χ1v) is 13.5. The molecule has 1 aliphatic rings. The number of hydrogen-bond acceptors (Lipinski definition) is 6. The number of halogens is 1. The standard InChI is InChI=1S/C27H29N3O2S2.ClH/c1-3-14-30-15-13-20-23(17-30)34-27(25(20)26-28-21-7-5-6-8-22(21)33-26)29-24(31)16-18-9-11-19(12-10-18)32-4-2;/h5-12H,3-4,13-17H2,1-2H3,(H,29,31);1H. The van der Waals surface area contributed by atoms with Crippen LogP contribution < -0.4 is 10.1 Å². The van der Waals surface area contributed by atoms with Crippen molar-refractivity contribution in [2.75, 3.05) is 25.0 Å². The fourth-order valence-electron chi connectivity index (χ4n) is 4.48. The van der Waals surface area contributed by atoms with E-state index in [-0.39, 0.29) is 18.3 Å². The van der Waals surface area contributed by atoms with Crippen LogP contribution in [-0.2, 0) is 24.2 Å². The van der Waals surface area contributed by atoms with Gasteiger partial charge in [0.15, 0.2) is 0 Å². The van der Waals surface area contributed by atoms with Crippen LogP contribution in [0.2, 0.25) is 0 Å². The van der Waals surface area contributed by atoms with Crippen molar-refractivity contribution in [2.45, 2.75) is 39.7 Å². The molecule has 0 unspecified atom stereocenters. The maximum absolute atomic E-state index is 13.1. The second-order valence-corrected chi connectivity index (χ2v) is 10.7. The highest BCUT2D eigenvalue weighted by Crippen LogP contribution is 2.45. The molecule has 1 amide bonds. The van der Waals surface area contributed by atoms with Crippen molar-refractivity contribution in [3.05, 3.63) is 64.5 Å². The number of benzene rings is 2. The normalized spacial score (nSPS) is 13.3. The van der Waals surface area contributed by atoms with E-state index >= 15 is 0 Å². The van der Waals surface area contributed by atoms with E-state index in [1.165, 1.54) is 15.1 Å². The van der Waals surface area contributed by atoms with E-state index in [9.17, 15) is 4.79 Å². The predicted octanol–water partition coefficient (Wildman–Crippen LogP) is 6.79. The Labute approximate surface area is 220 Å². The van der Waals surface area contributed by atoms with E-state index < -0.39 is 0 Å². The van der Waals surface area contributed by atoms with Gasteiger partial charge in [0.05, 0.1) is 23.2 Å². The van der Waals surface area contributed by atoms with Gasteiger partial charge in [0, 0.05) is 23.5 Å². The number of nitrogens with one attached hydrogen (secondary N) is 1. The Hall–Kier alpha value is -2.45. The summed E-state index contributed by atoms with van der Waals surface area (Å²) >= 11 is 3.42. The summed E-state index contributed by atoms with van der Waals surface area (Å²) in [6.07, 6.45) is 2.47. The average molecular weight is 528 g/mol.